The second-order valence-corrected chi connectivity index (χ2v) is 3.39. The maximum Gasteiger partial charge on any atom is 0.251 e. The van der Waals surface area contributed by atoms with Gasteiger partial charge in [-0.15, -0.1) is 0 Å². The van der Waals surface area contributed by atoms with Crippen molar-refractivity contribution in [3.8, 4) is 5.75 Å². The Morgan fingerprint density at radius 3 is 2.53 bits per heavy atom. The molecule has 0 bridgehead atoms. The third-order valence-corrected chi connectivity index (χ3v) is 2.12. The molecule has 15 heavy (non-hydrogen) atoms. The van der Waals surface area contributed by atoms with Crippen molar-refractivity contribution < 1.29 is 5.11 Å². The van der Waals surface area contributed by atoms with Gasteiger partial charge in [0.2, 0.25) is 0 Å². The van der Waals surface area contributed by atoms with Gasteiger partial charge in [0.25, 0.3) is 5.56 Å². The first-order valence-electron chi connectivity index (χ1n) is 4.70. The average molecular weight is 201 g/mol. The van der Waals surface area contributed by atoms with Gasteiger partial charge in [-0.3, -0.25) is 4.79 Å². The predicted octanol–water partition coefficient (Wildman–Crippen LogP) is 1.67. The van der Waals surface area contributed by atoms with Crippen LogP contribution in [0.5, 0.6) is 5.75 Å². The molecule has 2 N–H and O–H groups in total. The van der Waals surface area contributed by atoms with Gasteiger partial charge in [-0.1, -0.05) is 30.3 Å². The summed E-state index contributed by atoms with van der Waals surface area (Å²) in [4.78, 5) is 13.8. The van der Waals surface area contributed by atoms with E-state index in [1.807, 2.05) is 30.3 Å². The fraction of sp³-hybridized carbons (Fsp3) is 0.0833. The molecule has 0 radical (unpaired) electrons. The SMILES string of the molecule is O=c1cc(O)cc(Cc2ccccc2)[nH]1. The monoisotopic (exact) mass is 201 g/mol. The van der Waals surface area contributed by atoms with Gasteiger partial charge in [0, 0.05) is 18.2 Å². The highest BCUT2D eigenvalue weighted by Gasteiger charge is 1.99. The smallest absolute Gasteiger partial charge is 0.251 e. The molecule has 1 aromatic heterocycles. The van der Waals surface area contributed by atoms with Crippen LogP contribution in [-0.2, 0) is 6.42 Å². The summed E-state index contributed by atoms with van der Waals surface area (Å²) < 4.78 is 0. The highest BCUT2D eigenvalue weighted by Crippen LogP contribution is 2.10. The maximum atomic E-state index is 11.1. The zero-order chi connectivity index (χ0) is 10.7. The molecule has 0 spiro atoms. The summed E-state index contributed by atoms with van der Waals surface area (Å²) in [5.41, 5.74) is 1.53. The Hall–Kier alpha value is -2.03. The quantitative estimate of drug-likeness (QED) is 0.776. The second kappa shape index (κ2) is 4.00. The fourth-order valence-corrected chi connectivity index (χ4v) is 1.50. The fourth-order valence-electron chi connectivity index (χ4n) is 1.50. The van der Waals surface area contributed by atoms with Crippen LogP contribution in [0.4, 0.5) is 0 Å². The van der Waals surface area contributed by atoms with Crippen molar-refractivity contribution in [3.05, 3.63) is 64.1 Å². The molecule has 0 unspecified atom stereocenters. The van der Waals surface area contributed by atoms with Crippen LogP contribution in [0.25, 0.3) is 0 Å². The van der Waals surface area contributed by atoms with E-state index in [2.05, 4.69) is 4.98 Å². The summed E-state index contributed by atoms with van der Waals surface area (Å²) in [5, 5.41) is 9.25. The van der Waals surface area contributed by atoms with Gasteiger partial charge in [0.05, 0.1) is 0 Å². The molecule has 3 heteroatoms. The minimum atomic E-state index is -0.277. The molecule has 76 valence electrons. The van der Waals surface area contributed by atoms with Crippen molar-refractivity contribution in [3.63, 3.8) is 0 Å². The van der Waals surface area contributed by atoms with E-state index in [0.29, 0.717) is 12.1 Å². The van der Waals surface area contributed by atoms with Crippen LogP contribution in [0, 0.1) is 0 Å². The molecule has 2 rings (SSSR count). The Balaban J connectivity index is 2.29. The standard InChI is InChI=1S/C12H11NO2/c14-11-7-10(13-12(15)8-11)6-9-4-2-1-3-5-9/h1-5,7-8H,6H2,(H2,13,14,15). The van der Waals surface area contributed by atoms with Crippen molar-refractivity contribution >= 4 is 0 Å². The molecule has 2 aromatic rings. The minimum absolute atomic E-state index is 0.00433. The van der Waals surface area contributed by atoms with E-state index in [4.69, 9.17) is 0 Å². The van der Waals surface area contributed by atoms with Crippen molar-refractivity contribution in [2.45, 2.75) is 6.42 Å². The molecule has 1 aromatic carbocycles. The van der Waals surface area contributed by atoms with Crippen molar-refractivity contribution in [2.75, 3.05) is 0 Å². The van der Waals surface area contributed by atoms with E-state index in [0.717, 1.165) is 11.6 Å². The van der Waals surface area contributed by atoms with Crippen LogP contribution in [-0.4, -0.2) is 10.1 Å². The number of hydrogen-bond donors (Lipinski definition) is 2. The lowest BCUT2D eigenvalue weighted by Crippen LogP contribution is -2.06. The van der Waals surface area contributed by atoms with Crippen LogP contribution < -0.4 is 5.56 Å². The summed E-state index contributed by atoms with van der Waals surface area (Å²) in [6.07, 6.45) is 0.616. The largest absolute Gasteiger partial charge is 0.508 e. The highest BCUT2D eigenvalue weighted by atomic mass is 16.3. The van der Waals surface area contributed by atoms with Crippen molar-refractivity contribution in [2.24, 2.45) is 0 Å². The topological polar surface area (TPSA) is 53.1 Å². The Labute approximate surface area is 87.0 Å². The van der Waals surface area contributed by atoms with Crippen LogP contribution >= 0.6 is 0 Å². The van der Waals surface area contributed by atoms with Crippen LogP contribution in [0.15, 0.2) is 47.3 Å². The Morgan fingerprint density at radius 1 is 1.13 bits per heavy atom. The van der Waals surface area contributed by atoms with E-state index in [9.17, 15) is 9.90 Å². The molecular weight excluding hydrogens is 190 g/mol. The second-order valence-electron chi connectivity index (χ2n) is 3.39. The lowest BCUT2D eigenvalue weighted by atomic mass is 10.1. The first kappa shape index (κ1) is 9.52. The van der Waals surface area contributed by atoms with E-state index >= 15 is 0 Å². The van der Waals surface area contributed by atoms with E-state index in [-0.39, 0.29) is 11.3 Å². The number of hydrogen-bond acceptors (Lipinski definition) is 2. The van der Waals surface area contributed by atoms with Gasteiger partial charge in [0.1, 0.15) is 5.75 Å². The summed E-state index contributed by atoms with van der Waals surface area (Å²) in [6, 6.07) is 12.5. The van der Waals surface area contributed by atoms with Gasteiger partial charge < -0.3 is 10.1 Å². The number of benzene rings is 1. The number of aromatic nitrogens is 1. The van der Waals surface area contributed by atoms with Gasteiger partial charge in [0.15, 0.2) is 0 Å². The van der Waals surface area contributed by atoms with Gasteiger partial charge in [-0.2, -0.15) is 0 Å². The Morgan fingerprint density at radius 2 is 1.87 bits per heavy atom. The molecule has 3 nitrogen and oxygen atoms in total. The number of pyridine rings is 1. The number of rotatable bonds is 2. The highest BCUT2D eigenvalue weighted by molar-refractivity contribution is 5.26. The first-order valence-corrected chi connectivity index (χ1v) is 4.70. The van der Waals surface area contributed by atoms with E-state index in [1.165, 1.54) is 0 Å². The zero-order valence-electron chi connectivity index (χ0n) is 8.10. The molecule has 0 aliphatic carbocycles. The molecule has 1 heterocycles. The molecule has 0 aliphatic rings. The Bertz CT molecular complexity index is 503. The summed E-state index contributed by atoms with van der Waals surface area (Å²) in [5.74, 6) is 0.00433. The molecular formula is C12H11NO2. The van der Waals surface area contributed by atoms with Crippen molar-refractivity contribution in [1.29, 1.82) is 0 Å². The van der Waals surface area contributed by atoms with Crippen LogP contribution in [0.3, 0.4) is 0 Å². The van der Waals surface area contributed by atoms with Gasteiger partial charge in [-0.25, -0.2) is 0 Å². The molecule has 0 atom stereocenters. The maximum absolute atomic E-state index is 11.1. The lowest BCUT2D eigenvalue weighted by Gasteiger charge is -2.01. The Kier molecular flexibility index (Phi) is 2.54. The van der Waals surface area contributed by atoms with E-state index < -0.39 is 0 Å². The van der Waals surface area contributed by atoms with Gasteiger partial charge in [-0.05, 0) is 11.6 Å². The van der Waals surface area contributed by atoms with Crippen LogP contribution in [0.2, 0.25) is 0 Å². The summed E-state index contributed by atoms with van der Waals surface area (Å²) in [6.45, 7) is 0. The normalized spacial score (nSPS) is 10.1. The molecule has 0 amide bonds. The molecule has 0 aliphatic heterocycles. The average Bonchev–Trinajstić information content (AvgIpc) is 2.17. The zero-order valence-corrected chi connectivity index (χ0v) is 8.10. The van der Waals surface area contributed by atoms with E-state index in [1.54, 1.807) is 6.07 Å². The van der Waals surface area contributed by atoms with Crippen LogP contribution in [0.1, 0.15) is 11.3 Å². The minimum Gasteiger partial charge on any atom is -0.508 e. The third-order valence-electron chi connectivity index (χ3n) is 2.12. The lowest BCUT2D eigenvalue weighted by molar-refractivity contribution is 0.473. The molecule has 0 saturated carbocycles. The van der Waals surface area contributed by atoms with Gasteiger partial charge >= 0.3 is 0 Å². The first-order chi connectivity index (χ1) is 7.24. The number of nitrogens with one attached hydrogen (secondary N) is 1. The number of H-pyrrole nitrogens is 1. The third kappa shape index (κ3) is 2.47. The number of aromatic amines is 1. The molecule has 0 fully saturated rings. The summed E-state index contributed by atoms with van der Waals surface area (Å²) in [7, 11) is 0. The summed E-state index contributed by atoms with van der Waals surface area (Å²) >= 11 is 0. The predicted molar refractivity (Wildman–Crippen MR) is 58.0 cm³/mol. The number of aromatic hydroxyl groups is 1. The molecule has 0 saturated heterocycles. The van der Waals surface area contributed by atoms with Crippen molar-refractivity contribution in [1.82, 2.24) is 4.98 Å².